The Morgan fingerprint density at radius 3 is 2.67 bits per heavy atom. The van der Waals surface area contributed by atoms with E-state index in [1.54, 1.807) is 23.1 Å². The van der Waals surface area contributed by atoms with Gasteiger partial charge in [0.2, 0.25) is 5.91 Å². The van der Waals surface area contributed by atoms with Crippen LogP contribution in [0, 0.1) is 0 Å². The second-order valence-electron chi connectivity index (χ2n) is 4.10. The maximum absolute atomic E-state index is 11.7. The van der Waals surface area contributed by atoms with E-state index >= 15 is 0 Å². The summed E-state index contributed by atoms with van der Waals surface area (Å²) in [6.45, 7) is 2.09. The van der Waals surface area contributed by atoms with E-state index in [2.05, 4.69) is 22.4 Å². The molecule has 4 nitrogen and oxygen atoms in total. The quantitative estimate of drug-likeness (QED) is 0.819. The molecule has 1 aromatic heterocycles. The average molecular weight is 303 g/mol. The van der Waals surface area contributed by atoms with Crippen molar-refractivity contribution in [2.75, 3.05) is 11.5 Å². The van der Waals surface area contributed by atoms with Crippen molar-refractivity contribution in [1.82, 2.24) is 15.5 Å². The SMILES string of the molecule is CCSc1nnc(SCC(=O)NC2CCCC2)s1. The molecular formula is C11H17N3OS3. The summed E-state index contributed by atoms with van der Waals surface area (Å²) >= 11 is 4.73. The number of hydrogen-bond acceptors (Lipinski definition) is 6. The van der Waals surface area contributed by atoms with Crippen LogP contribution in [0.15, 0.2) is 8.68 Å². The first-order valence-corrected chi connectivity index (χ1v) is 8.95. The van der Waals surface area contributed by atoms with Crippen LogP contribution in [-0.2, 0) is 4.79 Å². The van der Waals surface area contributed by atoms with Crippen LogP contribution >= 0.6 is 34.9 Å². The molecule has 1 aromatic rings. The van der Waals surface area contributed by atoms with Gasteiger partial charge in [0, 0.05) is 6.04 Å². The molecule has 0 radical (unpaired) electrons. The summed E-state index contributed by atoms with van der Waals surface area (Å²) in [6, 6.07) is 0.402. The van der Waals surface area contributed by atoms with Crippen LogP contribution in [0.1, 0.15) is 32.6 Å². The van der Waals surface area contributed by atoms with Gasteiger partial charge in [0.15, 0.2) is 8.68 Å². The van der Waals surface area contributed by atoms with Gasteiger partial charge >= 0.3 is 0 Å². The van der Waals surface area contributed by atoms with Crippen LogP contribution in [0.3, 0.4) is 0 Å². The van der Waals surface area contributed by atoms with Crippen molar-refractivity contribution in [3.63, 3.8) is 0 Å². The van der Waals surface area contributed by atoms with Gasteiger partial charge in [-0.1, -0.05) is 54.6 Å². The molecular weight excluding hydrogens is 286 g/mol. The molecule has 0 atom stereocenters. The summed E-state index contributed by atoms with van der Waals surface area (Å²) in [5.74, 6) is 1.57. The van der Waals surface area contributed by atoms with Crippen molar-refractivity contribution < 1.29 is 4.79 Å². The number of carbonyl (C=O) groups excluding carboxylic acids is 1. The van der Waals surface area contributed by atoms with Crippen molar-refractivity contribution in [1.29, 1.82) is 0 Å². The molecule has 0 bridgehead atoms. The monoisotopic (exact) mass is 303 g/mol. The summed E-state index contributed by atoms with van der Waals surface area (Å²) < 4.78 is 1.86. The zero-order chi connectivity index (χ0) is 12.8. The van der Waals surface area contributed by atoms with E-state index in [1.165, 1.54) is 24.6 Å². The lowest BCUT2D eigenvalue weighted by Gasteiger charge is -2.10. The Bertz CT molecular complexity index is 391. The fourth-order valence-corrected chi connectivity index (χ4v) is 4.63. The molecule has 2 rings (SSSR count). The van der Waals surface area contributed by atoms with Gasteiger partial charge < -0.3 is 5.32 Å². The van der Waals surface area contributed by atoms with E-state index in [1.807, 2.05) is 0 Å². The van der Waals surface area contributed by atoms with E-state index < -0.39 is 0 Å². The second kappa shape index (κ2) is 7.35. The predicted molar refractivity (Wildman–Crippen MR) is 77.4 cm³/mol. The molecule has 1 amide bonds. The maximum Gasteiger partial charge on any atom is 0.230 e. The molecule has 0 aliphatic heterocycles. The Kier molecular flexibility index (Phi) is 5.78. The predicted octanol–water partition coefficient (Wildman–Crippen LogP) is 2.80. The second-order valence-corrected chi connectivity index (χ2v) is 7.82. The van der Waals surface area contributed by atoms with Crippen LogP contribution in [0.4, 0.5) is 0 Å². The summed E-state index contributed by atoms with van der Waals surface area (Å²) in [7, 11) is 0. The molecule has 1 saturated carbocycles. The molecule has 7 heteroatoms. The molecule has 0 aromatic carbocycles. The smallest absolute Gasteiger partial charge is 0.230 e. The summed E-state index contributed by atoms with van der Waals surface area (Å²) in [4.78, 5) is 11.7. The third-order valence-corrected chi connectivity index (χ3v) is 5.77. The number of aromatic nitrogens is 2. The van der Waals surface area contributed by atoms with E-state index in [4.69, 9.17) is 0 Å². The molecule has 100 valence electrons. The standard InChI is InChI=1S/C11H17N3OS3/c1-2-16-10-13-14-11(18-10)17-7-9(15)12-8-5-3-4-6-8/h8H,2-7H2,1H3,(H,12,15). The van der Waals surface area contributed by atoms with E-state index in [0.717, 1.165) is 27.3 Å². The molecule has 1 aliphatic rings. The Labute approximate surface area is 120 Å². The van der Waals surface area contributed by atoms with E-state index in [0.29, 0.717) is 11.8 Å². The van der Waals surface area contributed by atoms with Crippen molar-refractivity contribution in [2.24, 2.45) is 0 Å². The maximum atomic E-state index is 11.7. The molecule has 0 unspecified atom stereocenters. The lowest BCUT2D eigenvalue weighted by molar-refractivity contribution is -0.119. The third kappa shape index (κ3) is 4.44. The number of nitrogens with one attached hydrogen (secondary N) is 1. The normalized spacial score (nSPS) is 16.1. The summed E-state index contributed by atoms with van der Waals surface area (Å²) in [6.07, 6.45) is 4.75. The van der Waals surface area contributed by atoms with Gasteiger partial charge in [-0.2, -0.15) is 0 Å². The van der Waals surface area contributed by atoms with Crippen molar-refractivity contribution >= 4 is 40.8 Å². The first-order valence-electron chi connectivity index (χ1n) is 6.16. The molecule has 0 saturated heterocycles. The van der Waals surface area contributed by atoms with Crippen LogP contribution in [0.25, 0.3) is 0 Å². The van der Waals surface area contributed by atoms with Gasteiger partial charge in [-0.3, -0.25) is 4.79 Å². The van der Waals surface area contributed by atoms with Gasteiger partial charge in [0.25, 0.3) is 0 Å². The summed E-state index contributed by atoms with van der Waals surface area (Å²) in [5, 5.41) is 11.2. The number of amides is 1. The Balaban J connectivity index is 1.70. The van der Waals surface area contributed by atoms with Crippen LogP contribution < -0.4 is 5.32 Å². The third-order valence-electron chi connectivity index (χ3n) is 2.70. The van der Waals surface area contributed by atoms with Crippen molar-refractivity contribution in [2.45, 2.75) is 47.3 Å². The van der Waals surface area contributed by atoms with Gasteiger partial charge in [0.05, 0.1) is 5.75 Å². The van der Waals surface area contributed by atoms with Crippen LogP contribution in [0.5, 0.6) is 0 Å². The van der Waals surface area contributed by atoms with Crippen LogP contribution in [0.2, 0.25) is 0 Å². The number of rotatable bonds is 6. The molecule has 1 aliphatic carbocycles. The first-order chi connectivity index (χ1) is 8.78. The van der Waals surface area contributed by atoms with Gasteiger partial charge in [-0.05, 0) is 18.6 Å². The summed E-state index contributed by atoms with van der Waals surface area (Å²) in [5.41, 5.74) is 0. The molecule has 0 spiro atoms. The zero-order valence-electron chi connectivity index (χ0n) is 10.3. The highest BCUT2D eigenvalue weighted by molar-refractivity contribution is 8.03. The Morgan fingerprint density at radius 1 is 1.33 bits per heavy atom. The van der Waals surface area contributed by atoms with Crippen molar-refractivity contribution in [3.8, 4) is 0 Å². The molecule has 18 heavy (non-hydrogen) atoms. The van der Waals surface area contributed by atoms with E-state index in [-0.39, 0.29) is 5.91 Å². The lowest BCUT2D eigenvalue weighted by Crippen LogP contribution is -2.33. The van der Waals surface area contributed by atoms with Crippen LogP contribution in [-0.4, -0.2) is 33.7 Å². The highest BCUT2D eigenvalue weighted by atomic mass is 32.2. The molecule has 1 heterocycles. The highest BCUT2D eigenvalue weighted by Gasteiger charge is 2.17. The average Bonchev–Trinajstić information content (AvgIpc) is 2.99. The fraction of sp³-hybridized carbons (Fsp3) is 0.727. The highest BCUT2D eigenvalue weighted by Crippen LogP contribution is 2.28. The number of carbonyl (C=O) groups is 1. The minimum atomic E-state index is 0.117. The van der Waals surface area contributed by atoms with E-state index in [9.17, 15) is 4.79 Å². The van der Waals surface area contributed by atoms with Gasteiger partial charge in [-0.25, -0.2) is 0 Å². The minimum absolute atomic E-state index is 0.117. The Morgan fingerprint density at radius 2 is 2.00 bits per heavy atom. The molecule has 1 N–H and O–H groups in total. The van der Waals surface area contributed by atoms with Gasteiger partial charge in [0.1, 0.15) is 0 Å². The fourth-order valence-electron chi connectivity index (χ4n) is 1.90. The number of thioether (sulfide) groups is 2. The van der Waals surface area contributed by atoms with Crippen molar-refractivity contribution in [3.05, 3.63) is 0 Å². The largest absolute Gasteiger partial charge is 0.353 e. The van der Waals surface area contributed by atoms with Gasteiger partial charge in [-0.15, -0.1) is 10.2 Å². The number of hydrogen-bond donors (Lipinski definition) is 1. The topological polar surface area (TPSA) is 54.9 Å². The molecule has 1 fully saturated rings. The number of nitrogens with zero attached hydrogens (tertiary/aromatic N) is 2. The Hall–Kier alpha value is -0.270. The first kappa shape index (κ1) is 14.1. The minimum Gasteiger partial charge on any atom is -0.353 e. The lowest BCUT2D eigenvalue weighted by atomic mass is 10.2. The zero-order valence-corrected chi connectivity index (χ0v) is 12.8.